The number of nitrogens with zero attached hydrogens (tertiary/aromatic N) is 1. The van der Waals surface area contributed by atoms with Gasteiger partial charge < -0.3 is 15.7 Å². The number of anilines is 2. The number of rotatable bonds is 2. The number of nitrogen functional groups attached to an aromatic ring is 1. The molecule has 2 unspecified atom stereocenters. The number of carboxylic acid groups (broad SMARTS) is 1. The number of benzene rings is 1. The van der Waals surface area contributed by atoms with E-state index in [1.54, 1.807) is 18.2 Å². The summed E-state index contributed by atoms with van der Waals surface area (Å²) in [6.45, 7) is 0.926. The summed E-state index contributed by atoms with van der Waals surface area (Å²) in [4.78, 5) is 13.7. The molecule has 1 aliphatic heterocycles. The second-order valence-corrected chi connectivity index (χ2v) is 5.64. The lowest BCUT2D eigenvalue weighted by Gasteiger charge is -2.40. The van der Waals surface area contributed by atoms with Crippen LogP contribution in [0.5, 0.6) is 0 Å². The molecule has 1 saturated heterocycles. The maximum atomic E-state index is 11.4. The van der Waals surface area contributed by atoms with Gasteiger partial charge in [-0.25, -0.2) is 4.79 Å². The normalized spacial score (nSPS) is 26.2. The van der Waals surface area contributed by atoms with Crippen LogP contribution < -0.4 is 10.6 Å². The summed E-state index contributed by atoms with van der Waals surface area (Å²) in [6, 6.07) is 5.67. The highest BCUT2D eigenvalue weighted by molar-refractivity contribution is 5.98. The first-order valence-corrected chi connectivity index (χ1v) is 7.07. The van der Waals surface area contributed by atoms with Crippen LogP contribution in [0.15, 0.2) is 18.2 Å². The van der Waals surface area contributed by atoms with Crippen LogP contribution in [0.3, 0.4) is 0 Å². The number of hydrogen-bond donors (Lipinski definition) is 2. The summed E-state index contributed by atoms with van der Waals surface area (Å²) in [7, 11) is 0. The van der Waals surface area contributed by atoms with Gasteiger partial charge >= 0.3 is 5.97 Å². The van der Waals surface area contributed by atoms with Gasteiger partial charge in [-0.15, -0.1) is 0 Å². The van der Waals surface area contributed by atoms with Crippen molar-refractivity contribution in [3.05, 3.63) is 23.8 Å². The second-order valence-electron chi connectivity index (χ2n) is 5.64. The Bertz CT molecular complexity index is 501. The first-order valence-electron chi connectivity index (χ1n) is 7.07. The van der Waals surface area contributed by atoms with Gasteiger partial charge in [0.15, 0.2) is 0 Å². The average molecular weight is 260 g/mol. The third kappa shape index (κ3) is 2.05. The quantitative estimate of drug-likeness (QED) is 0.802. The zero-order valence-corrected chi connectivity index (χ0v) is 11.0. The molecule has 1 heterocycles. The highest BCUT2D eigenvalue weighted by Gasteiger charge is 2.36. The van der Waals surface area contributed by atoms with Crippen molar-refractivity contribution in [2.24, 2.45) is 5.92 Å². The van der Waals surface area contributed by atoms with E-state index in [2.05, 4.69) is 4.90 Å². The van der Waals surface area contributed by atoms with E-state index < -0.39 is 5.97 Å². The topological polar surface area (TPSA) is 66.6 Å². The third-order valence-corrected chi connectivity index (χ3v) is 4.58. The number of fused-ring (bicyclic) bond motifs is 1. The van der Waals surface area contributed by atoms with Crippen molar-refractivity contribution >= 4 is 17.3 Å². The first kappa shape index (κ1) is 12.3. The van der Waals surface area contributed by atoms with Crippen LogP contribution in [0, 0.1) is 5.92 Å². The largest absolute Gasteiger partial charge is 0.478 e. The van der Waals surface area contributed by atoms with E-state index in [1.807, 2.05) is 0 Å². The third-order valence-electron chi connectivity index (χ3n) is 4.58. The van der Waals surface area contributed by atoms with Crippen LogP contribution in [-0.2, 0) is 0 Å². The summed E-state index contributed by atoms with van der Waals surface area (Å²) < 4.78 is 0. The predicted octanol–water partition coefficient (Wildman–Crippen LogP) is 2.74. The Balaban J connectivity index is 2.03. The number of piperidine rings is 1. The minimum atomic E-state index is -0.887. The SMILES string of the molecule is Nc1cccc(C(=O)O)c1N1CCCC2CCCC21. The minimum absolute atomic E-state index is 0.340. The van der Waals surface area contributed by atoms with Crippen molar-refractivity contribution in [1.82, 2.24) is 0 Å². The van der Waals surface area contributed by atoms with Gasteiger partial charge in [0.25, 0.3) is 0 Å². The van der Waals surface area contributed by atoms with Crippen molar-refractivity contribution < 1.29 is 9.90 Å². The van der Waals surface area contributed by atoms with Crippen molar-refractivity contribution in [1.29, 1.82) is 0 Å². The van der Waals surface area contributed by atoms with E-state index in [9.17, 15) is 9.90 Å². The van der Waals surface area contributed by atoms with Gasteiger partial charge in [0.1, 0.15) is 0 Å². The van der Waals surface area contributed by atoms with Crippen molar-refractivity contribution in [3.8, 4) is 0 Å². The van der Waals surface area contributed by atoms with Gasteiger partial charge in [-0.05, 0) is 43.7 Å². The maximum absolute atomic E-state index is 11.4. The van der Waals surface area contributed by atoms with Crippen LogP contribution in [-0.4, -0.2) is 23.7 Å². The Kier molecular flexibility index (Phi) is 3.09. The van der Waals surface area contributed by atoms with Crippen molar-refractivity contribution in [2.45, 2.75) is 38.1 Å². The number of para-hydroxylation sites is 1. The van der Waals surface area contributed by atoms with Gasteiger partial charge in [-0.3, -0.25) is 0 Å². The molecule has 4 nitrogen and oxygen atoms in total. The van der Waals surface area contributed by atoms with Crippen LogP contribution in [0.1, 0.15) is 42.5 Å². The highest BCUT2D eigenvalue weighted by atomic mass is 16.4. The molecule has 102 valence electrons. The summed E-state index contributed by atoms with van der Waals surface area (Å²) >= 11 is 0. The van der Waals surface area contributed by atoms with E-state index in [0.717, 1.165) is 31.0 Å². The van der Waals surface area contributed by atoms with E-state index in [-0.39, 0.29) is 0 Å². The monoisotopic (exact) mass is 260 g/mol. The predicted molar refractivity (Wildman–Crippen MR) is 75.5 cm³/mol. The Hall–Kier alpha value is -1.71. The minimum Gasteiger partial charge on any atom is -0.478 e. The Morgan fingerprint density at radius 3 is 2.84 bits per heavy atom. The van der Waals surface area contributed by atoms with Crippen LogP contribution in [0.25, 0.3) is 0 Å². The molecular formula is C15H20N2O2. The summed E-state index contributed by atoms with van der Waals surface area (Å²) in [5.41, 5.74) is 7.74. The molecule has 2 atom stereocenters. The molecule has 0 spiro atoms. The molecule has 2 fully saturated rings. The molecule has 1 saturated carbocycles. The van der Waals surface area contributed by atoms with E-state index in [1.165, 1.54) is 19.3 Å². The van der Waals surface area contributed by atoms with Gasteiger partial charge in [-0.1, -0.05) is 12.5 Å². The van der Waals surface area contributed by atoms with Crippen LogP contribution in [0.4, 0.5) is 11.4 Å². The fourth-order valence-electron chi connectivity index (χ4n) is 3.79. The number of carboxylic acids is 1. The molecule has 1 aromatic carbocycles. The lowest BCUT2D eigenvalue weighted by atomic mass is 9.90. The number of carbonyl (C=O) groups is 1. The molecule has 1 aliphatic carbocycles. The standard InChI is InChI=1S/C15H20N2O2/c16-12-7-2-6-11(15(18)19)14(12)17-9-3-5-10-4-1-8-13(10)17/h2,6-7,10,13H,1,3-5,8-9,16H2,(H,18,19). The van der Waals surface area contributed by atoms with Crippen molar-refractivity contribution in [2.75, 3.05) is 17.2 Å². The fourth-order valence-corrected chi connectivity index (χ4v) is 3.79. The summed E-state index contributed by atoms with van der Waals surface area (Å²) in [5, 5.41) is 9.38. The zero-order valence-electron chi connectivity index (χ0n) is 11.0. The van der Waals surface area contributed by atoms with Gasteiger partial charge in [0.2, 0.25) is 0 Å². The molecule has 1 aromatic rings. The van der Waals surface area contributed by atoms with E-state index in [0.29, 0.717) is 17.3 Å². The Morgan fingerprint density at radius 1 is 1.26 bits per heavy atom. The molecule has 0 amide bonds. The molecule has 0 radical (unpaired) electrons. The average Bonchev–Trinajstić information content (AvgIpc) is 2.86. The molecule has 3 N–H and O–H groups in total. The van der Waals surface area contributed by atoms with Gasteiger partial charge in [-0.2, -0.15) is 0 Å². The molecule has 0 bridgehead atoms. The van der Waals surface area contributed by atoms with Crippen LogP contribution >= 0.6 is 0 Å². The molecule has 0 aromatic heterocycles. The lowest BCUT2D eigenvalue weighted by Crippen LogP contribution is -2.43. The van der Waals surface area contributed by atoms with Gasteiger partial charge in [0.05, 0.1) is 16.9 Å². The molecule has 19 heavy (non-hydrogen) atoms. The fraction of sp³-hybridized carbons (Fsp3) is 0.533. The Labute approximate surface area is 113 Å². The molecular weight excluding hydrogens is 240 g/mol. The second kappa shape index (κ2) is 4.76. The first-order chi connectivity index (χ1) is 9.18. The highest BCUT2D eigenvalue weighted by Crippen LogP contribution is 2.41. The maximum Gasteiger partial charge on any atom is 0.337 e. The van der Waals surface area contributed by atoms with E-state index >= 15 is 0 Å². The van der Waals surface area contributed by atoms with Gasteiger partial charge in [0, 0.05) is 12.6 Å². The molecule has 4 heteroatoms. The summed E-state index contributed by atoms with van der Waals surface area (Å²) in [5.74, 6) is -0.169. The van der Waals surface area contributed by atoms with Crippen molar-refractivity contribution in [3.63, 3.8) is 0 Å². The molecule has 2 aliphatic rings. The lowest BCUT2D eigenvalue weighted by molar-refractivity contribution is 0.0697. The Morgan fingerprint density at radius 2 is 2.05 bits per heavy atom. The van der Waals surface area contributed by atoms with Crippen LogP contribution in [0.2, 0.25) is 0 Å². The number of hydrogen-bond acceptors (Lipinski definition) is 3. The smallest absolute Gasteiger partial charge is 0.337 e. The summed E-state index contributed by atoms with van der Waals surface area (Å²) in [6.07, 6.45) is 6.10. The van der Waals surface area contributed by atoms with E-state index in [4.69, 9.17) is 5.73 Å². The number of aromatic carboxylic acids is 1. The number of nitrogens with two attached hydrogens (primary N) is 1. The molecule has 3 rings (SSSR count). The zero-order chi connectivity index (χ0) is 13.4.